The topological polar surface area (TPSA) is 91.5 Å². The fraction of sp³-hybridized carbons (Fsp3) is 0.545. The largest absolute Gasteiger partial charge is 0.381 e. The molecule has 6 heteroatoms. The van der Waals surface area contributed by atoms with Crippen LogP contribution >= 0.6 is 0 Å². The zero-order valence-electron chi connectivity index (χ0n) is 16.6. The molecule has 150 valence electrons. The summed E-state index contributed by atoms with van der Waals surface area (Å²) in [6, 6.07) is 4.65. The zero-order valence-corrected chi connectivity index (χ0v) is 16.6. The number of fused-ring (bicyclic) bond motifs is 1. The summed E-state index contributed by atoms with van der Waals surface area (Å²) in [6.07, 6.45) is 11.5. The molecule has 1 aromatic rings. The maximum absolute atomic E-state index is 12.6. The molecule has 0 spiro atoms. The molecule has 2 unspecified atom stereocenters. The molecule has 2 saturated carbocycles. The number of anilines is 2. The Hall–Kier alpha value is -2.34. The van der Waals surface area contributed by atoms with Crippen molar-refractivity contribution in [2.75, 3.05) is 17.2 Å². The summed E-state index contributed by atoms with van der Waals surface area (Å²) in [5, 5.41) is 10.1. The molecule has 6 nitrogen and oxygen atoms in total. The quantitative estimate of drug-likeness (QED) is 0.465. The molecule has 1 aromatic carbocycles. The van der Waals surface area contributed by atoms with Gasteiger partial charge in [-0.1, -0.05) is 18.9 Å². The SMILES string of the molecule is C/C=C\N=C(Nc1cc(NC2CCCCC2N)cc2c1C(=O)NCC2)C1CC1. The number of carbonyl (C=O) groups is 1. The van der Waals surface area contributed by atoms with Crippen LogP contribution in [0.1, 0.15) is 61.4 Å². The number of nitrogens with zero attached hydrogens (tertiary/aromatic N) is 1. The highest BCUT2D eigenvalue weighted by Gasteiger charge is 2.30. The highest BCUT2D eigenvalue weighted by Crippen LogP contribution is 2.34. The third-order valence-electron chi connectivity index (χ3n) is 5.89. The van der Waals surface area contributed by atoms with Crippen LogP contribution < -0.4 is 21.7 Å². The Morgan fingerprint density at radius 2 is 2.07 bits per heavy atom. The molecule has 0 radical (unpaired) electrons. The first kappa shape index (κ1) is 19.0. The lowest BCUT2D eigenvalue weighted by atomic mass is 9.90. The van der Waals surface area contributed by atoms with Crippen molar-refractivity contribution in [3.63, 3.8) is 0 Å². The van der Waals surface area contributed by atoms with Crippen LogP contribution in [0.3, 0.4) is 0 Å². The predicted octanol–water partition coefficient (Wildman–Crippen LogP) is 3.41. The Kier molecular flexibility index (Phi) is 5.67. The maximum Gasteiger partial charge on any atom is 0.253 e. The molecule has 28 heavy (non-hydrogen) atoms. The molecular formula is C22H31N5O. The molecule has 5 N–H and O–H groups in total. The Balaban J connectivity index is 1.65. The molecular weight excluding hydrogens is 350 g/mol. The van der Waals surface area contributed by atoms with Crippen LogP contribution in [0.5, 0.6) is 0 Å². The van der Waals surface area contributed by atoms with E-state index in [9.17, 15) is 4.79 Å². The van der Waals surface area contributed by atoms with Gasteiger partial charge in [0, 0.05) is 36.4 Å². The van der Waals surface area contributed by atoms with Gasteiger partial charge in [0.25, 0.3) is 5.91 Å². The van der Waals surface area contributed by atoms with Gasteiger partial charge >= 0.3 is 0 Å². The number of rotatable bonds is 5. The zero-order chi connectivity index (χ0) is 19.5. The minimum atomic E-state index is -0.00847. The van der Waals surface area contributed by atoms with Crippen LogP contribution in [0.15, 0.2) is 29.4 Å². The Labute approximate surface area is 167 Å². The number of aliphatic imine (C=N–C) groups is 1. The van der Waals surface area contributed by atoms with Gasteiger partial charge in [-0.3, -0.25) is 4.79 Å². The molecule has 1 amide bonds. The summed E-state index contributed by atoms with van der Waals surface area (Å²) in [6.45, 7) is 2.64. The van der Waals surface area contributed by atoms with Gasteiger partial charge in [0.1, 0.15) is 5.84 Å². The fourth-order valence-electron chi connectivity index (χ4n) is 4.19. The fourth-order valence-corrected chi connectivity index (χ4v) is 4.19. The van der Waals surface area contributed by atoms with Crippen molar-refractivity contribution in [2.24, 2.45) is 16.6 Å². The molecule has 4 rings (SSSR count). The molecule has 2 fully saturated rings. The van der Waals surface area contributed by atoms with Gasteiger partial charge in [0.15, 0.2) is 0 Å². The molecule has 3 aliphatic rings. The van der Waals surface area contributed by atoms with Crippen LogP contribution in [0.4, 0.5) is 11.4 Å². The Bertz CT molecular complexity index is 796. The minimum Gasteiger partial charge on any atom is -0.381 e. The average Bonchev–Trinajstić information content (AvgIpc) is 3.52. The van der Waals surface area contributed by atoms with E-state index in [2.05, 4.69) is 33.1 Å². The van der Waals surface area contributed by atoms with Gasteiger partial charge in [-0.25, -0.2) is 4.99 Å². The summed E-state index contributed by atoms with van der Waals surface area (Å²) in [7, 11) is 0. The van der Waals surface area contributed by atoms with Crippen molar-refractivity contribution in [3.8, 4) is 0 Å². The maximum atomic E-state index is 12.6. The molecule has 0 saturated heterocycles. The number of amides is 1. The molecule has 2 aliphatic carbocycles. The number of hydrogen-bond donors (Lipinski definition) is 4. The van der Waals surface area contributed by atoms with Gasteiger partial charge < -0.3 is 21.7 Å². The van der Waals surface area contributed by atoms with Gasteiger partial charge in [0.2, 0.25) is 0 Å². The highest BCUT2D eigenvalue weighted by atomic mass is 16.1. The third kappa shape index (κ3) is 4.22. The third-order valence-corrected chi connectivity index (χ3v) is 5.89. The minimum absolute atomic E-state index is 0.00847. The molecule has 0 bridgehead atoms. The van der Waals surface area contributed by atoms with Crippen LogP contribution in [0, 0.1) is 5.92 Å². The van der Waals surface area contributed by atoms with Crippen molar-refractivity contribution in [1.82, 2.24) is 5.32 Å². The number of allylic oxidation sites excluding steroid dienone is 1. The van der Waals surface area contributed by atoms with E-state index in [0.717, 1.165) is 60.4 Å². The second kappa shape index (κ2) is 8.35. The van der Waals surface area contributed by atoms with E-state index in [1.54, 1.807) is 0 Å². The molecule has 1 aliphatic heterocycles. The first-order valence-electron chi connectivity index (χ1n) is 10.6. The van der Waals surface area contributed by atoms with Crippen molar-refractivity contribution < 1.29 is 4.79 Å². The smallest absolute Gasteiger partial charge is 0.253 e. The monoisotopic (exact) mass is 381 g/mol. The van der Waals surface area contributed by atoms with Crippen LogP contribution in [-0.2, 0) is 6.42 Å². The number of carbonyl (C=O) groups excluding carboxylic acids is 1. The number of hydrogen-bond acceptors (Lipinski definition) is 4. The van der Waals surface area contributed by atoms with Crippen molar-refractivity contribution in [2.45, 2.75) is 64.0 Å². The highest BCUT2D eigenvalue weighted by molar-refractivity contribution is 6.08. The molecule has 2 atom stereocenters. The van der Waals surface area contributed by atoms with E-state index in [0.29, 0.717) is 12.5 Å². The second-order valence-corrected chi connectivity index (χ2v) is 8.16. The van der Waals surface area contributed by atoms with Crippen molar-refractivity contribution in [1.29, 1.82) is 0 Å². The summed E-state index contributed by atoms with van der Waals surface area (Å²) >= 11 is 0. The van der Waals surface area contributed by atoms with Gasteiger partial charge in [0.05, 0.1) is 11.3 Å². The number of nitrogens with one attached hydrogen (secondary N) is 3. The average molecular weight is 382 g/mol. The van der Waals surface area contributed by atoms with E-state index in [-0.39, 0.29) is 18.0 Å². The summed E-state index contributed by atoms with van der Waals surface area (Å²) in [4.78, 5) is 17.2. The van der Waals surface area contributed by atoms with Crippen molar-refractivity contribution >= 4 is 23.1 Å². The summed E-state index contributed by atoms with van der Waals surface area (Å²) in [5.74, 6) is 1.40. The van der Waals surface area contributed by atoms with Gasteiger partial charge in [-0.2, -0.15) is 0 Å². The van der Waals surface area contributed by atoms with Crippen molar-refractivity contribution in [3.05, 3.63) is 35.5 Å². The lowest BCUT2D eigenvalue weighted by Gasteiger charge is -2.31. The first-order chi connectivity index (χ1) is 13.7. The number of nitrogens with two attached hydrogens (primary N) is 1. The van der Waals surface area contributed by atoms with Crippen LogP contribution in [-0.4, -0.2) is 30.4 Å². The molecule has 0 aromatic heterocycles. The lowest BCUT2D eigenvalue weighted by molar-refractivity contribution is 0.0947. The summed E-state index contributed by atoms with van der Waals surface area (Å²) in [5.41, 5.74) is 10.1. The van der Waals surface area contributed by atoms with E-state index in [4.69, 9.17) is 5.73 Å². The van der Waals surface area contributed by atoms with E-state index >= 15 is 0 Å². The predicted molar refractivity (Wildman–Crippen MR) is 115 cm³/mol. The van der Waals surface area contributed by atoms with E-state index < -0.39 is 0 Å². The van der Waals surface area contributed by atoms with E-state index in [1.165, 1.54) is 12.8 Å². The Morgan fingerprint density at radius 3 is 2.82 bits per heavy atom. The number of amidine groups is 1. The first-order valence-corrected chi connectivity index (χ1v) is 10.6. The summed E-state index contributed by atoms with van der Waals surface area (Å²) < 4.78 is 0. The Morgan fingerprint density at radius 1 is 1.25 bits per heavy atom. The van der Waals surface area contributed by atoms with Gasteiger partial charge in [-0.05, 0) is 56.7 Å². The van der Waals surface area contributed by atoms with Crippen LogP contribution in [0.2, 0.25) is 0 Å². The number of benzene rings is 1. The second-order valence-electron chi connectivity index (χ2n) is 8.16. The van der Waals surface area contributed by atoms with Gasteiger partial charge in [-0.15, -0.1) is 0 Å². The molecule has 1 heterocycles. The van der Waals surface area contributed by atoms with Crippen LogP contribution in [0.25, 0.3) is 0 Å². The standard InChI is InChI=1S/C22H31N5O/c1-2-10-24-21(14-7-8-14)27-19-13-16(26-18-6-4-3-5-17(18)23)12-15-9-11-25-22(28)20(15)19/h2,10,12-14,17-18,26H,3-9,11,23H2,1H3,(H,24,27)(H,25,28)/b10-2-. The van der Waals surface area contributed by atoms with E-state index in [1.807, 2.05) is 19.2 Å². The lowest BCUT2D eigenvalue weighted by Crippen LogP contribution is -2.42. The normalized spacial score (nSPS) is 25.4.